The first-order valence-electron chi connectivity index (χ1n) is 12.3. The molecular formula is C29H34N4O4. The van der Waals surface area contributed by atoms with Crippen LogP contribution in [0.4, 0.5) is 0 Å². The van der Waals surface area contributed by atoms with Crippen LogP contribution in [0.1, 0.15) is 39.9 Å². The Hall–Kier alpha value is -4.20. The number of primary amides is 1. The number of amides is 1. The first-order valence-corrected chi connectivity index (χ1v) is 12.3. The predicted octanol–water partition coefficient (Wildman–Crippen LogP) is 4.18. The summed E-state index contributed by atoms with van der Waals surface area (Å²) in [6.45, 7) is 6.44. The van der Waals surface area contributed by atoms with E-state index in [0.29, 0.717) is 47.6 Å². The predicted molar refractivity (Wildman–Crippen MR) is 145 cm³/mol. The summed E-state index contributed by atoms with van der Waals surface area (Å²) in [6, 6.07) is 15.3. The van der Waals surface area contributed by atoms with Gasteiger partial charge in [0.15, 0.2) is 11.5 Å². The van der Waals surface area contributed by atoms with Crippen LogP contribution in [0.2, 0.25) is 0 Å². The monoisotopic (exact) mass is 502 g/mol. The topological polar surface area (TPSA) is 93.4 Å². The normalized spacial score (nSPS) is 11.1. The maximum Gasteiger partial charge on any atom is 0.279 e. The second-order valence-electron chi connectivity index (χ2n) is 9.03. The van der Waals surface area contributed by atoms with Crippen molar-refractivity contribution in [3.05, 3.63) is 87.1 Å². The molecule has 2 heterocycles. The van der Waals surface area contributed by atoms with Crippen LogP contribution >= 0.6 is 0 Å². The molecule has 37 heavy (non-hydrogen) atoms. The van der Waals surface area contributed by atoms with Crippen LogP contribution in [0.5, 0.6) is 11.5 Å². The molecule has 0 aliphatic carbocycles. The highest BCUT2D eigenvalue weighted by Gasteiger charge is 2.29. The van der Waals surface area contributed by atoms with Gasteiger partial charge in [-0.05, 0) is 56.5 Å². The smallest absolute Gasteiger partial charge is 0.279 e. The van der Waals surface area contributed by atoms with Crippen molar-refractivity contribution >= 4 is 5.91 Å². The quantitative estimate of drug-likeness (QED) is 0.372. The Labute approximate surface area is 216 Å². The molecule has 0 fully saturated rings. The minimum absolute atomic E-state index is 0.180. The molecule has 4 rings (SSSR count). The highest BCUT2D eigenvalue weighted by molar-refractivity contribution is 6.02. The van der Waals surface area contributed by atoms with Crippen LogP contribution < -0.4 is 20.8 Å². The number of aryl methyl sites for hydroxylation is 1. The SMILES string of the molecule is CCc1c(-c2c(C)n(C)n(-c3ccccc3)c2=O)c(C(N)=O)c(C)n1CCc1ccc(OC)c(OC)c1. The third-order valence-electron chi connectivity index (χ3n) is 7.09. The van der Waals surface area contributed by atoms with Gasteiger partial charge in [-0.2, -0.15) is 0 Å². The molecule has 8 heteroatoms. The van der Waals surface area contributed by atoms with Gasteiger partial charge in [0.2, 0.25) is 0 Å². The highest BCUT2D eigenvalue weighted by Crippen LogP contribution is 2.34. The van der Waals surface area contributed by atoms with Gasteiger partial charge in [0.05, 0.1) is 31.0 Å². The Morgan fingerprint density at radius 2 is 1.62 bits per heavy atom. The molecule has 0 radical (unpaired) electrons. The van der Waals surface area contributed by atoms with E-state index in [1.54, 1.807) is 18.9 Å². The lowest BCUT2D eigenvalue weighted by molar-refractivity contribution is 0.1000. The molecule has 0 spiro atoms. The number of hydrogen-bond acceptors (Lipinski definition) is 4. The molecular weight excluding hydrogens is 468 g/mol. The van der Waals surface area contributed by atoms with E-state index in [1.165, 1.54) is 0 Å². The summed E-state index contributed by atoms with van der Waals surface area (Å²) in [7, 11) is 5.07. The van der Waals surface area contributed by atoms with Crippen molar-refractivity contribution in [2.45, 2.75) is 40.2 Å². The number of nitrogens with zero attached hydrogens (tertiary/aromatic N) is 3. The first kappa shape index (κ1) is 25.9. The molecule has 4 aromatic rings. The van der Waals surface area contributed by atoms with Crippen LogP contribution in [0, 0.1) is 13.8 Å². The summed E-state index contributed by atoms with van der Waals surface area (Å²) in [5.41, 5.74) is 11.5. The third-order valence-corrected chi connectivity index (χ3v) is 7.09. The van der Waals surface area contributed by atoms with Crippen molar-refractivity contribution in [1.82, 2.24) is 13.9 Å². The molecule has 2 aromatic carbocycles. The number of benzene rings is 2. The molecule has 2 aromatic heterocycles. The maximum atomic E-state index is 13.8. The van der Waals surface area contributed by atoms with Gasteiger partial charge in [-0.1, -0.05) is 31.2 Å². The number of rotatable bonds is 9. The average molecular weight is 503 g/mol. The third kappa shape index (κ3) is 4.43. The van der Waals surface area contributed by atoms with Crippen LogP contribution in [-0.4, -0.2) is 34.1 Å². The van der Waals surface area contributed by atoms with Crippen LogP contribution in [0.3, 0.4) is 0 Å². The first-order chi connectivity index (χ1) is 17.7. The van der Waals surface area contributed by atoms with Gasteiger partial charge in [-0.15, -0.1) is 0 Å². The molecule has 194 valence electrons. The van der Waals surface area contributed by atoms with Crippen molar-refractivity contribution in [1.29, 1.82) is 0 Å². The summed E-state index contributed by atoms with van der Waals surface area (Å²) in [5.74, 6) is 0.797. The number of carbonyl (C=O) groups is 1. The molecule has 2 N–H and O–H groups in total. The highest BCUT2D eigenvalue weighted by atomic mass is 16.5. The average Bonchev–Trinajstić information content (AvgIpc) is 3.30. The standard InChI is InChI=1S/C29H34N4O4/c1-7-22-27(26-18(2)31(4)33(29(26)35)21-11-9-8-10-12-21)25(28(30)34)19(3)32(22)16-15-20-13-14-23(36-5)24(17-20)37-6/h8-14,17H,7,15-16H2,1-6H3,(H2,30,34). The van der Waals surface area contributed by atoms with E-state index in [4.69, 9.17) is 15.2 Å². The van der Waals surface area contributed by atoms with E-state index >= 15 is 0 Å². The Bertz CT molecular complexity index is 1510. The molecule has 1 amide bonds. The van der Waals surface area contributed by atoms with Crippen molar-refractivity contribution in [3.63, 3.8) is 0 Å². The fourth-order valence-electron chi connectivity index (χ4n) is 5.17. The Morgan fingerprint density at radius 1 is 0.946 bits per heavy atom. The zero-order valence-corrected chi connectivity index (χ0v) is 22.3. The number of nitrogens with two attached hydrogens (primary N) is 1. The van der Waals surface area contributed by atoms with Crippen LogP contribution in [0.15, 0.2) is 53.3 Å². The number of methoxy groups -OCH3 is 2. The summed E-state index contributed by atoms with van der Waals surface area (Å²) in [6.07, 6.45) is 1.33. The van der Waals surface area contributed by atoms with Crippen molar-refractivity contribution in [3.8, 4) is 28.3 Å². The summed E-state index contributed by atoms with van der Waals surface area (Å²) in [4.78, 5) is 26.6. The van der Waals surface area contributed by atoms with Crippen LogP contribution in [-0.2, 0) is 26.4 Å². The Balaban J connectivity index is 1.86. The number of carbonyl (C=O) groups excluding carboxylic acids is 1. The Kier molecular flexibility index (Phi) is 7.29. The van der Waals surface area contributed by atoms with Gasteiger partial charge < -0.3 is 19.8 Å². The number of aromatic nitrogens is 3. The summed E-state index contributed by atoms with van der Waals surface area (Å²) < 4.78 is 16.4. The molecule has 0 aliphatic heterocycles. The van der Waals surface area contributed by atoms with E-state index in [-0.39, 0.29) is 5.56 Å². The van der Waals surface area contributed by atoms with Crippen LogP contribution in [0.25, 0.3) is 16.8 Å². The van der Waals surface area contributed by atoms with Gasteiger partial charge in [-0.3, -0.25) is 14.3 Å². The fraction of sp³-hybridized carbons (Fsp3) is 0.310. The lowest BCUT2D eigenvalue weighted by Crippen LogP contribution is -2.20. The molecule has 0 saturated heterocycles. The second-order valence-corrected chi connectivity index (χ2v) is 9.03. The summed E-state index contributed by atoms with van der Waals surface area (Å²) >= 11 is 0. The fourth-order valence-corrected chi connectivity index (χ4v) is 5.17. The van der Waals surface area contributed by atoms with Gasteiger partial charge >= 0.3 is 0 Å². The van der Waals surface area contributed by atoms with E-state index < -0.39 is 5.91 Å². The molecule has 0 saturated carbocycles. The number of ether oxygens (including phenoxy) is 2. The summed E-state index contributed by atoms with van der Waals surface area (Å²) in [5, 5.41) is 0. The maximum absolute atomic E-state index is 13.8. The lowest BCUT2D eigenvalue weighted by Gasteiger charge is -2.13. The van der Waals surface area contributed by atoms with E-state index in [9.17, 15) is 9.59 Å². The Morgan fingerprint density at radius 3 is 2.22 bits per heavy atom. The van der Waals surface area contributed by atoms with Gasteiger partial charge in [-0.25, -0.2) is 4.68 Å². The lowest BCUT2D eigenvalue weighted by atomic mass is 9.99. The molecule has 0 atom stereocenters. The van der Waals surface area contributed by atoms with Gasteiger partial charge in [0, 0.05) is 36.2 Å². The van der Waals surface area contributed by atoms with E-state index in [2.05, 4.69) is 4.57 Å². The largest absolute Gasteiger partial charge is 0.493 e. The van der Waals surface area contributed by atoms with E-state index in [1.807, 2.05) is 81.0 Å². The van der Waals surface area contributed by atoms with Crippen molar-refractivity contribution in [2.75, 3.05) is 14.2 Å². The minimum Gasteiger partial charge on any atom is -0.493 e. The zero-order chi connectivity index (χ0) is 26.9. The number of hydrogen-bond donors (Lipinski definition) is 1. The van der Waals surface area contributed by atoms with Crippen molar-refractivity contribution in [2.24, 2.45) is 12.8 Å². The minimum atomic E-state index is -0.541. The second kappa shape index (κ2) is 10.4. The zero-order valence-electron chi connectivity index (χ0n) is 22.3. The van der Waals surface area contributed by atoms with Crippen molar-refractivity contribution < 1.29 is 14.3 Å². The molecule has 0 bridgehead atoms. The van der Waals surface area contributed by atoms with Gasteiger partial charge in [0.25, 0.3) is 11.5 Å². The van der Waals surface area contributed by atoms with E-state index in [0.717, 1.165) is 28.3 Å². The molecule has 0 aliphatic rings. The number of para-hydroxylation sites is 1. The molecule has 0 unspecified atom stereocenters. The van der Waals surface area contributed by atoms with Gasteiger partial charge in [0.1, 0.15) is 0 Å². The molecule has 8 nitrogen and oxygen atoms in total.